The highest BCUT2D eigenvalue weighted by Gasteiger charge is 2.16. The van der Waals surface area contributed by atoms with Gasteiger partial charge in [-0.1, -0.05) is 34.6 Å². The van der Waals surface area contributed by atoms with Crippen LogP contribution in [0, 0.1) is 5.41 Å². The molecule has 0 aliphatic carbocycles. The summed E-state index contributed by atoms with van der Waals surface area (Å²) >= 11 is 0. The minimum atomic E-state index is -0.397. The van der Waals surface area contributed by atoms with E-state index in [0.29, 0.717) is 6.54 Å². The molecular formula is C14H30N2O2. The van der Waals surface area contributed by atoms with E-state index in [1.54, 1.807) is 0 Å². The van der Waals surface area contributed by atoms with Crippen molar-refractivity contribution in [1.82, 2.24) is 10.6 Å². The lowest BCUT2D eigenvalue weighted by atomic mass is 9.89. The van der Waals surface area contributed by atoms with Gasteiger partial charge in [0.15, 0.2) is 0 Å². The summed E-state index contributed by atoms with van der Waals surface area (Å²) in [4.78, 5) is 11.6. The van der Waals surface area contributed by atoms with Gasteiger partial charge in [-0.2, -0.15) is 0 Å². The van der Waals surface area contributed by atoms with Gasteiger partial charge >= 0.3 is 0 Å². The van der Waals surface area contributed by atoms with Crippen LogP contribution >= 0.6 is 0 Å². The predicted molar refractivity (Wildman–Crippen MR) is 75.5 cm³/mol. The molecule has 0 bridgehead atoms. The molecule has 0 saturated heterocycles. The maximum atomic E-state index is 11.6. The Morgan fingerprint density at radius 2 is 1.78 bits per heavy atom. The molecule has 0 aliphatic rings. The van der Waals surface area contributed by atoms with Crippen molar-refractivity contribution < 1.29 is 9.90 Å². The molecule has 108 valence electrons. The van der Waals surface area contributed by atoms with E-state index in [1.165, 1.54) is 0 Å². The second-order valence-corrected chi connectivity index (χ2v) is 6.13. The first kappa shape index (κ1) is 17.4. The first-order valence-corrected chi connectivity index (χ1v) is 6.96. The van der Waals surface area contributed by atoms with Crippen LogP contribution in [0.25, 0.3) is 0 Å². The molecule has 0 radical (unpaired) electrons. The summed E-state index contributed by atoms with van der Waals surface area (Å²) in [6.45, 7) is 11.2. The van der Waals surface area contributed by atoms with Gasteiger partial charge in [0.25, 0.3) is 0 Å². The molecule has 0 fully saturated rings. The molecule has 4 heteroatoms. The molecule has 0 aromatic rings. The number of hydrogen-bond donors (Lipinski definition) is 3. The van der Waals surface area contributed by atoms with Crippen LogP contribution in [0.1, 0.15) is 53.9 Å². The molecule has 0 aliphatic heterocycles. The summed E-state index contributed by atoms with van der Waals surface area (Å²) in [7, 11) is 0. The van der Waals surface area contributed by atoms with E-state index in [1.807, 2.05) is 0 Å². The molecule has 3 N–H and O–H groups in total. The molecule has 1 amide bonds. The molecule has 1 atom stereocenters. The molecule has 4 nitrogen and oxygen atoms in total. The monoisotopic (exact) mass is 258 g/mol. The van der Waals surface area contributed by atoms with Crippen molar-refractivity contribution in [3.05, 3.63) is 0 Å². The zero-order chi connectivity index (χ0) is 14.2. The van der Waals surface area contributed by atoms with E-state index in [-0.39, 0.29) is 23.9 Å². The minimum Gasteiger partial charge on any atom is -0.392 e. The van der Waals surface area contributed by atoms with Crippen LogP contribution in [0.15, 0.2) is 0 Å². The lowest BCUT2D eigenvalue weighted by Crippen LogP contribution is -2.42. The van der Waals surface area contributed by atoms with E-state index in [9.17, 15) is 9.90 Å². The SMILES string of the molecule is CCC(CC)NC(=O)CNCC(O)CC(C)(C)C. The number of aliphatic hydroxyl groups excluding tert-OH is 1. The second-order valence-electron chi connectivity index (χ2n) is 6.13. The van der Waals surface area contributed by atoms with Crippen molar-refractivity contribution in [2.45, 2.75) is 66.0 Å². The Labute approximate surface area is 112 Å². The molecular weight excluding hydrogens is 228 g/mol. The fourth-order valence-electron chi connectivity index (χ4n) is 1.90. The van der Waals surface area contributed by atoms with E-state index in [4.69, 9.17) is 0 Å². The van der Waals surface area contributed by atoms with Crippen molar-refractivity contribution in [1.29, 1.82) is 0 Å². The Hall–Kier alpha value is -0.610. The normalized spacial score (nSPS) is 13.7. The maximum absolute atomic E-state index is 11.6. The Balaban J connectivity index is 3.74. The van der Waals surface area contributed by atoms with Crippen molar-refractivity contribution >= 4 is 5.91 Å². The van der Waals surface area contributed by atoms with Gasteiger partial charge in [0.2, 0.25) is 5.91 Å². The lowest BCUT2D eigenvalue weighted by molar-refractivity contribution is -0.121. The third-order valence-electron chi connectivity index (χ3n) is 2.86. The van der Waals surface area contributed by atoms with Crippen molar-refractivity contribution in [2.75, 3.05) is 13.1 Å². The van der Waals surface area contributed by atoms with E-state index >= 15 is 0 Å². The second kappa shape index (κ2) is 8.48. The Bertz CT molecular complexity index is 232. The van der Waals surface area contributed by atoms with Crippen LogP contribution in [0.2, 0.25) is 0 Å². The number of hydrogen-bond acceptors (Lipinski definition) is 3. The molecule has 0 saturated carbocycles. The summed E-state index contributed by atoms with van der Waals surface area (Å²) in [6, 6.07) is 0.263. The first-order valence-electron chi connectivity index (χ1n) is 6.96. The predicted octanol–water partition coefficient (Wildman–Crippen LogP) is 1.68. The number of carbonyl (C=O) groups excluding carboxylic acids is 1. The summed E-state index contributed by atoms with van der Waals surface area (Å²) in [5.74, 6) is 0.00617. The van der Waals surface area contributed by atoms with Crippen LogP contribution in [-0.2, 0) is 4.79 Å². The highest BCUT2D eigenvalue weighted by molar-refractivity contribution is 5.78. The summed E-state index contributed by atoms with van der Waals surface area (Å²) < 4.78 is 0. The minimum absolute atomic E-state index is 0.00617. The molecule has 0 heterocycles. The molecule has 0 aromatic heterocycles. The van der Waals surface area contributed by atoms with Gasteiger partial charge in [-0.05, 0) is 24.7 Å². The molecule has 18 heavy (non-hydrogen) atoms. The molecule has 0 spiro atoms. The summed E-state index contributed by atoms with van der Waals surface area (Å²) in [6.07, 6.45) is 2.24. The Kier molecular flexibility index (Phi) is 8.20. The average molecular weight is 258 g/mol. The number of carbonyl (C=O) groups is 1. The van der Waals surface area contributed by atoms with Crippen LogP contribution in [0.5, 0.6) is 0 Å². The summed E-state index contributed by atoms with van der Waals surface area (Å²) in [5, 5.41) is 15.7. The zero-order valence-electron chi connectivity index (χ0n) is 12.5. The summed E-state index contributed by atoms with van der Waals surface area (Å²) in [5.41, 5.74) is 0.110. The molecule has 1 unspecified atom stereocenters. The van der Waals surface area contributed by atoms with Gasteiger partial charge in [0.1, 0.15) is 0 Å². The number of amides is 1. The standard InChI is InChI=1S/C14H30N2O2/c1-6-11(7-2)16-13(18)10-15-9-12(17)8-14(3,4)5/h11-12,15,17H,6-10H2,1-5H3,(H,16,18). The van der Waals surface area contributed by atoms with Crippen molar-refractivity contribution in [3.8, 4) is 0 Å². The maximum Gasteiger partial charge on any atom is 0.234 e. The van der Waals surface area contributed by atoms with Gasteiger partial charge in [-0.25, -0.2) is 0 Å². The number of aliphatic hydroxyl groups is 1. The number of rotatable bonds is 8. The van der Waals surface area contributed by atoms with Crippen LogP contribution in [0.3, 0.4) is 0 Å². The fraction of sp³-hybridized carbons (Fsp3) is 0.929. The smallest absolute Gasteiger partial charge is 0.234 e. The number of nitrogens with one attached hydrogen (secondary N) is 2. The van der Waals surface area contributed by atoms with Gasteiger partial charge in [-0.3, -0.25) is 4.79 Å². The molecule has 0 rings (SSSR count). The van der Waals surface area contributed by atoms with Gasteiger partial charge in [-0.15, -0.1) is 0 Å². The highest BCUT2D eigenvalue weighted by atomic mass is 16.3. The third kappa shape index (κ3) is 9.42. The first-order chi connectivity index (χ1) is 8.28. The van der Waals surface area contributed by atoms with E-state index < -0.39 is 6.10 Å². The van der Waals surface area contributed by atoms with Crippen LogP contribution < -0.4 is 10.6 Å². The zero-order valence-corrected chi connectivity index (χ0v) is 12.5. The topological polar surface area (TPSA) is 61.4 Å². The third-order valence-corrected chi connectivity index (χ3v) is 2.86. The lowest BCUT2D eigenvalue weighted by Gasteiger charge is -2.22. The van der Waals surface area contributed by atoms with Crippen molar-refractivity contribution in [2.24, 2.45) is 5.41 Å². The van der Waals surface area contributed by atoms with E-state index in [0.717, 1.165) is 19.3 Å². The van der Waals surface area contributed by atoms with Gasteiger partial charge < -0.3 is 15.7 Å². The molecule has 0 aromatic carbocycles. The van der Waals surface area contributed by atoms with Crippen LogP contribution in [0.4, 0.5) is 0 Å². The quantitative estimate of drug-likeness (QED) is 0.621. The average Bonchev–Trinajstić information content (AvgIpc) is 2.23. The fourth-order valence-corrected chi connectivity index (χ4v) is 1.90. The Morgan fingerprint density at radius 1 is 1.22 bits per heavy atom. The Morgan fingerprint density at radius 3 is 2.22 bits per heavy atom. The van der Waals surface area contributed by atoms with Crippen LogP contribution in [-0.4, -0.2) is 36.2 Å². The van der Waals surface area contributed by atoms with Crippen molar-refractivity contribution in [3.63, 3.8) is 0 Å². The van der Waals surface area contributed by atoms with Gasteiger partial charge in [0.05, 0.1) is 12.6 Å². The largest absolute Gasteiger partial charge is 0.392 e. The van der Waals surface area contributed by atoms with Gasteiger partial charge in [0, 0.05) is 12.6 Å². The van der Waals surface area contributed by atoms with E-state index in [2.05, 4.69) is 45.3 Å². The highest BCUT2D eigenvalue weighted by Crippen LogP contribution is 2.20.